The third-order valence-corrected chi connectivity index (χ3v) is 4.50. The maximum absolute atomic E-state index is 3.70. The van der Waals surface area contributed by atoms with E-state index >= 15 is 0 Å². The number of nitrogens with one attached hydrogen (secondary N) is 2. The first-order valence-electron chi connectivity index (χ1n) is 6.62. The van der Waals surface area contributed by atoms with E-state index in [0.29, 0.717) is 11.1 Å². The molecule has 2 saturated carbocycles. The second kappa shape index (κ2) is 4.42. The Labute approximate surface area is 94.2 Å². The van der Waals surface area contributed by atoms with Gasteiger partial charge < -0.3 is 10.6 Å². The maximum atomic E-state index is 3.70. The zero-order valence-electron chi connectivity index (χ0n) is 10.4. The zero-order chi connectivity index (χ0) is 10.8. The molecule has 2 rings (SSSR count). The van der Waals surface area contributed by atoms with E-state index in [4.69, 9.17) is 0 Å². The van der Waals surface area contributed by atoms with Gasteiger partial charge in [-0.25, -0.2) is 0 Å². The summed E-state index contributed by atoms with van der Waals surface area (Å²) in [5.41, 5.74) is 0.958. The Balaban J connectivity index is 1.74. The molecule has 0 radical (unpaired) electrons. The molecule has 2 nitrogen and oxygen atoms in total. The Morgan fingerprint density at radius 1 is 1.00 bits per heavy atom. The van der Waals surface area contributed by atoms with E-state index in [-0.39, 0.29) is 0 Å². The molecule has 2 fully saturated rings. The van der Waals surface area contributed by atoms with E-state index in [1.54, 1.807) is 0 Å². The Kier molecular flexibility index (Phi) is 3.36. The van der Waals surface area contributed by atoms with Gasteiger partial charge in [0, 0.05) is 11.1 Å². The number of hydrogen-bond acceptors (Lipinski definition) is 2. The van der Waals surface area contributed by atoms with Crippen molar-refractivity contribution < 1.29 is 0 Å². The van der Waals surface area contributed by atoms with E-state index in [9.17, 15) is 0 Å². The highest BCUT2D eigenvalue weighted by Gasteiger charge is 2.37. The summed E-state index contributed by atoms with van der Waals surface area (Å²) in [6, 6.07) is 0. The monoisotopic (exact) mass is 210 g/mol. The van der Waals surface area contributed by atoms with Crippen molar-refractivity contribution in [3.63, 3.8) is 0 Å². The molecule has 2 aliphatic carbocycles. The first-order valence-corrected chi connectivity index (χ1v) is 6.62. The van der Waals surface area contributed by atoms with Crippen molar-refractivity contribution >= 4 is 0 Å². The molecular weight excluding hydrogens is 184 g/mol. The third-order valence-electron chi connectivity index (χ3n) is 4.50. The first-order chi connectivity index (χ1) is 7.18. The van der Waals surface area contributed by atoms with Crippen LogP contribution in [0.25, 0.3) is 0 Å². The van der Waals surface area contributed by atoms with Crippen LogP contribution in [0.3, 0.4) is 0 Å². The average Bonchev–Trinajstić information content (AvgIpc) is 2.98. The normalized spacial score (nSPS) is 27.6. The lowest BCUT2D eigenvalue weighted by Crippen LogP contribution is -2.47. The summed E-state index contributed by atoms with van der Waals surface area (Å²) in [6.07, 6.45) is 11.1. The molecule has 0 spiro atoms. The van der Waals surface area contributed by atoms with Crippen LogP contribution in [0.2, 0.25) is 0 Å². The Morgan fingerprint density at radius 2 is 1.67 bits per heavy atom. The summed E-state index contributed by atoms with van der Waals surface area (Å²) in [5.74, 6) is 0. The van der Waals surface area contributed by atoms with Crippen molar-refractivity contribution in [3.8, 4) is 0 Å². The summed E-state index contributed by atoms with van der Waals surface area (Å²) < 4.78 is 0. The molecule has 0 bridgehead atoms. The first kappa shape index (κ1) is 11.4. The van der Waals surface area contributed by atoms with Crippen molar-refractivity contribution in [1.29, 1.82) is 0 Å². The molecule has 0 aliphatic heterocycles. The fourth-order valence-electron chi connectivity index (χ4n) is 2.82. The molecule has 0 aromatic rings. The van der Waals surface area contributed by atoms with Crippen LogP contribution in [0.15, 0.2) is 0 Å². The predicted octanol–water partition coefficient (Wildman–Crippen LogP) is 2.44. The molecule has 88 valence electrons. The van der Waals surface area contributed by atoms with Gasteiger partial charge in [-0.15, -0.1) is 0 Å². The van der Waals surface area contributed by atoms with Gasteiger partial charge in [0.15, 0.2) is 0 Å². The van der Waals surface area contributed by atoms with Gasteiger partial charge in [0.05, 0.1) is 0 Å². The predicted molar refractivity (Wildman–Crippen MR) is 65.1 cm³/mol. The lowest BCUT2D eigenvalue weighted by molar-refractivity contribution is 0.225. The largest absolute Gasteiger partial charge is 0.314 e. The minimum Gasteiger partial charge on any atom is -0.314 e. The SMILES string of the molecule is CNC1(CCNC2(C)CC2)CCCCC1. The molecule has 2 N–H and O–H groups in total. The van der Waals surface area contributed by atoms with Crippen LogP contribution in [-0.4, -0.2) is 24.7 Å². The van der Waals surface area contributed by atoms with Crippen LogP contribution in [-0.2, 0) is 0 Å². The third kappa shape index (κ3) is 2.94. The van der Waals surface area contributed by atoms with Gasteiger partial charge in [-0.05, 0) is 52.6 Å². The summed E-state index contributed by atoms with van der Waals surface area (Å²) in [7, 11) is 2.14. The average molecular weight is 210 g/mol. The molecule has 0 saturated heterocycles. The van der Waals surface area contributed by atoms with Crippen LogP contribution in [0.5, 0.6) is 0 Å². The lowest BCUT2D eigenvalue weighted by Gasteiger charge is -2.37. The van der Waals surface area contributed by atoms with E-state index in [1.165, 1.54) is 57.9 Å². The van der Waals surface area contributed by atoms with E-state index < -0.39 is 0 Å². The van der Waals surface area contributed by atoms with Crippen LogP contribution in [0.1, 0.15) is 58.3 Å². The second-order valence-corrected chi connectivity index (χ2v) is 5.83. The molecule has 0 heterocycles. The smallest absolute Gasteiger partial charge is 0.0190 e. The van der Waals surface area contributed by atoms with E-state index in [2.05, 4.69) is 24.6 Å². The van der Waals surface area contributed by atoms with Gasteiger partial charge in [-0.2, -0.15) is 0 Å². The molecule has 0 aromatic carbocycles. The summed E-state index contributed by atoms with van der Waals surface area (Å²) in [5, 5.41) is 7.28. The van der Waals surface area contributed by atoms with Crippen LogP contribution in [0.4, 0.5) is 0 Å². The van der Waals surface area contributed by atoms with E-state index in [1.807, 2.05) is 0 Å². The van der Waals surface area contributed by atoms with Crippen molar-refractivity contribution in [3.05, 3.63) is 0 Å². The van der Waals surface area contributed by atoms with Crippen molar-refractivity contribution in [2.75, 3.05) is 13.6 Å². The molecule has 0 aromatic heterocycles. The van der Waals surface area contributed by atoms with Gasteiger partial charge >= 0.3 is 0 Å². The zero-order valence-corrected chi connectivity index (χ0v) is 10.4. The minimum absolute atomic E-state index is 0.455. The highest BCUT2D eigenvalue weighted by atomic mass is 15.0. The lowest BCUT2D eigenvalue weighted by atomic mass is 9.79. The van der Waals surface area contributed by atoms with Crippen LogP contribution < -0.4 is 10.6 Å². The Hall–Kier alpha value is -0.0800. The molecule has 2 aliphatic rings. The van der Waals surface area contributed by atoms with Crippen LogP contribution in [0, 0.1) is 0 Å². The van der Waals surface area contributed by atoms with Crippen molar-refractivity contribution in [2.24, 2.45) is 0 Å². The number of hydrogen-bond donors (Lipinski definition) is 2. The molecule has 0 atom stereocenters. The van der Waals surface area contributed by atoms with Crippen molar-refractivity contribution in [1.82, 2.24) is 10.6 Å². The van der Waals surface area contributed by atoms with Gasteiger partial charge in [0.2, 0.25) is 0 Å². The second-order valence-electron chi connectivity index (χ2n) is 5.83. The number of rotatable bonds is 5. The summed E-state index contributed by atoms with van der Waals surface area (Å²) in [6.45, 7) is 3.54. The minimum atomic E-state index is 0.455. The standard InChI is InChI=1S/C13H26N2/c1-12(8-9-12)15-11-10-13(14-2)6-4-3-5-7-13/h14-15H,3-11H2,1-2H3. The van der Waals surface area contributed by atoms with Crippen LogP contribution >= 0.6 is 0 Å². The maximum Gasteiger partial charge on any atom is 0.0190 e. The Bertz CT molecular complexity index is 203. The summed E-state index contributed by atoms with van der Waals surface area (Å²) >= 11 is 0. The van der Waals surface area contributed by atoms with Gasteiger partial charge in [-0.3, -0.25) is 0 Å². The molecule has 0 unspecified atom stereocenters. The van der Waals surface area contributed by atoms with Crippen molar-refractivity contribution in [2.45, 2.75) is 69.4 Å². The molecular formula is C13H26N2. The molecule has 15 heavy (non-hydrogen) atoms. The van der Waals surface area contributed by atoms with E-state index in [0.717, 1.165) is 0 Å². The topological polar surface area (TPSA) is 24.1 Å². The molecule has 0 amide bonds. The van der Waals surface area contributed by atoms with Gasteiger partial charge in [0.1, 0.15) is 0 Å². The fraction of sp³-hybridized carbons (Fsp3) is 1.00. The highest BCUT2D eigenvalue weighted by Crippen LogP contribution is 2.35. The fourth-order valence-corrected chi connectivity index (χ4v) is 2.82. The van der Waals surface area contributed by atoms with Gasteiger partial charge in [-0.1, -0.05) is 19.3 Å². The highest BCUT2D eigenvalue weighted by molar-refractivity contribution is 4.98. The quantitative estimate of drug-likeness (QED) is 0.728. The Morgan fingerprint density at radius 3 is 2.20 bits per heavy atom. The van der Waals surface area contributed by atoms with Gasteiger partial charge in [0.25, 0.3) is 0 Å². The summed E-state index contributed by atoms with van der Waals surface area (Å²) in [4.78, 5) is 0. The molecule has 2 heteroatoms.